The Labute approximate surface area is 259 Å². The van der Waals surface area contributed by atoms with Crippen LogP contribution in [0.25, 0.3) is 0 Å². The number of nitrogens with one attached hydrogen (secondary N) is 2. The highest BCUT2D eigenvalue weighted by atomic mass is 32.1. The van der Waals surface area contributed by atoms with E-state index >= 15 is 0 Å². The van der Waals surface area contributed by atoms with E-state index in [1.54, 1.807) is 11.9 Å². The average Bonchev–Trinajstić information content (AvgIpc) is 2.89. The van der Waals surface area contributed by atoms with E-state index in [0.29, 0.717) is 10.9 Å². The van der Waals surface area contributed by atoms with E-state index in [1.807, 2.05) is 57.3 Å². The minimum Gasteiger partial charge on any atom is -0.507 e. The Hall–Kier alpha value is -2.93. The highest BCUT2D eigenvalue weighted by molar-refractivity contribution is 7.80. The molecule has 0 aliphatic heterocycles. The highest BCUT2D eigenvalue weighted by Gasteiger charge is 2.35. The summed E-state index contributed by atoms with van der Waals surface area (Å²) >= 11 is 5.79. The fraction of sp³-hybridized carbons (Fsp3) is 0.571. The van der Waals surface area contributed by atoms with Gasteiger partial charge in [0.2, 0.25) is 5.91 Å². The molecule has 42 heavy (non-hydrogen) atoms. The third-order valence-electron chi connectivity index (χ3n) is 8.13. The van der Waals surface area contributed by atoms with E-state index in [4.69, 9.17) is 17.2 Å². The maximum absolute atomic E-state index is 13.6. The Bertz CT molecular complexity index is 1270. The molecule has 230 valence electrons. The number of amides is 1. The lowest BCUT2D eigenvalue weighted by Gasteiger charge is -2.36. The number of carbonyl (C=O) groups excluding carboxylic acids is 1. The Morgan fingerprint density at radius 1 is 1.00 bits per heavy atom. The summed E-state index contributed by atoms with van der Waals surface area (Å²) in [6, 6.07) is 13.4. The van der Waals surface area contributed by atoms with Crippen molar-refractivity contribution in [3.8, 4) is 5.75 Å². The van der Waals surface area contributed by atoms with Crippen LogP contribution in [0.5, 0.6) is 5.75 Å². The summed E-state index contributed by atoms with van der Waals surface area (Å²) in [4.78, 5) is 20.3. The van der Waals surface area contributed by atoms with Crippen LogP contribution in [-0.4, -0.2) is 47.5 Å². The number of para-hydroxylation sites is 1. The lowest BCUT2D eigenvalue weighted by atomic mass is 9.79. The largest absolute Gasteiger partial charge is 0.507 e. The molecule has 0 radical (unpaired) electrons. The van der Waals surface area contributed by atoms with Crippen molar-refractivity contribution in [1.82, 2.24) is 10.6 Å². The predicted octanol–water partition coefficient (Wildman–Crippen LogP) is 7.26. The van der Waals surface area contributed by atoms with Gasteiger partial charge in [0.25, 0.3) is 0 Å². The number of likely N-dealkylation sites (N-methyl/N-ethyl adjacent to an activating group) is 1. The lowest BCUT2D eigenvalue weighted by Crippen LogP contribution is -2.58. The van der Waals surface area contributed by atoms with Crippen LogP contribution in [-0.2, 0) is 15.6 Å². The number of aromatic hydroxyl groups is 1. The summed E-state index contributed by atoms with van der Waals surface area (Å²) in [6.07, 6.45) is 5.89. The number of benzene rings is 2. The van der Waals surface area contributed by atoms with Gasteiger partial charge in [-0.15, -0.1) is 0 Å². The molecule has 0 aromatic heterocycles. The van der Waals surface area contributed by atoms with Crippen LogP contribution in [0.15, 0.2) is 47.5 Å². The molecule has 0 heterocycles. The molecule has 6 nitrogen and oxygen atoms in total. The summed E-state index contributed by atoms with van der Waals surface area (Å²) in [5.41, 5.74) is 3.07. The van der Waals surface area contributed by atoms with Crippen molar-refractivity contribution < 1.29 is 9.90 Å². The Kier molecular flexibility index (Phi) is 10.5. The molecule has 3 atom stereocenters. The lowest BCUT2D eigenvalue weighted by molar-refractivity contribution is -0.122. The normalized spacial score (nSPS) is 18.9. The minimum absolute atomic E-state index is 0.00469. The molecular formula is C35H52N4O2S. The first-order chi connectivity index (χ1) is 19.4. The molecule has 3 rings (SSSR count). The maximum Gasteiger partial charge on any atom is 0.249 e. The number of nitrogens with zero attached hydrogens (tertiary/aromatic N) is 2. The standard InChI is InChI=1S/C35H52N4O2S/c1-33(2,3)24-20-23(29(40)26(21-24)34(4,5)6)22-36-27-18-14-15-19-28(27)37-32(42)38-30(35(7,8)9)31(41)39(10)25-16-12-11-13-17-25/h11-13,16-17,20-22,27-28,30,40H,14-15,18-19H2,1-10H3,(H2,37,38,42)/t27-,28-,30-/m1/s1. The van der Waals surface area contributed by atoms with Gasteiger partial charge < -0.3 is 20.6 Å². The minimum atomic E-state index is -0.513. The van der Waals surface area contributed by atoms with E-state index in [1.165, 1.54) is 5.56 Å². The molecule has 0 bridgehead atoms. The van der Waals surface area contributed by atoms with Crippen molar-refractivity contribution in [2.45, 2.75) is 117 Å². The van der Waals surface area contributed by atoms with Gasteiger partial charge in [-0.05, 0) is 65.1 Å². The molecular weight excluding hydrogens is 540 g/mol. The molecule has 1 aliphatic carbocycles. The second-order valence-corrected chi connectivity index (χ2v) is 15.3. The van der Waals surface area contributed by atoms with Gasteiger partial charge in [-0.3, -0.25) is 9.79 Å². The van der Waals surface area contributed by atoms with Gasteiger partial charge in [-0.2, -0.15) is 0 Å². The molecule has 1 fully saturated rings. The quantitative estimate of drug-likeness (QED) is 0.243. The first kappa shape index (κ1) is 33.6. The van der Waals surface area contributed by atoms with Crippen LogP contribution in [0.2, 0.25) is 0 Å². The number of hydrogen-bond acceptors (Lipinski definition) is 4. The maximum atomic E-state index is 13.6. The van der Waals surface area contributed by atoms with E-state index in [2.05, 4.69) is 64.3 Å². The van der Waals surface area contributed by atoms with Crippen LogP contribution in [0.3, 0.4) is 0 Å². The molecule has 1 saturated carbocycles. The molecule has 0 spiro atoms. The molecule has 1 amide bonds. The van der Waals surface area contributed by atoms with Crippen LogP contribution >= 0.6 is 12.2 Å². The zero-order valence-electron chi connectivity index (χ0n) is 27.3. The molecule has 0 unspecified atom stereocenters. The van der Waals surface area contributed by atoms with Crippen LogP contribution in [0.1, 0.15) is 105 Å². The molecule has 1 aliphatic rings. The van der Waals surface area contributed by atoms with Gasteiger partial charge >= 0.3 is 0 Å². The van der Waals surface area contributed by atoms with Crippen molar-refractivity contribution in [1.29, 1.82) is 0 Å². The van der Waals surface area contributed by atoms with E-state index in [-0.39, 0.29) is 34.2 Å². The first-order valence-corrected chi connectivity index (χ1v) is 15.6. The van der Waals surface area contributed by atoms with Gasteiger partial charge in [-0.25, -0.2) is 0 Å². The fourth-order valence-electron chi connectivity index (χ4n) is 5.36. The van der Waals surface area contributed by atoms with Gasteiger partial charge in [0.05, 0.1) is 12.1 Å². The molecule has 2 aromatic carbocycles. The van der Waals surface area contributed by atoms with Gasteiger partial charge in [-0.1, -0.05) is 99.4 Å². The number of aliphatic imine (C=N–C) groups is 1. The average molecular weight is 593 g/mol. The zero-order valence-corrected chi connectivity index (χ0v) is 28.2. The van der Waals surface area contributed by atoms with Crippen LogP contribution in [0.4, 0.5) is 5.69 Å². The van der Waals surface area contributed by atoms with Gasteiger partial charge in [0, 0.05) is 30.1 Å². The Morgan fingerprint density at radius 2 is 1.62 bits per heavy atom. The van der Waals surface area contributed by atoms with Gasteiger partial charge in [0.15, 0.2) is 5.11 Å². The summed E-state index contributed by atoms with van der Waals surface area (Å²) in [5, 5.41) is 18.5. The molecule has 7 heteroatoms. The Morgan fingerprint density at radius 3 is 2.19 bits per heavy atom. The number of carbonyl (C=O) groups is 1. The van der Waals surface area contributed by atoms with Crippen LogP contribution < -0.4 is 15.5 Å². The summed E-state index contributed by atoms with van der Waals surface area (Å²) < 4.78 is 0. The number of phenolic OH excluding ortho intramolecular Hbond substituents is 1. The van der Waals surface area contributed by atoms with Crippen LogP contribution in [0, 0.1) is 5.41 Å². The zero-order chi connectivity index (χ0) is 31.5. The number of thiocarbonyl (C=S) groups is 1. The second kappa shape index (κ2) is 13.2. The number of phenols is 1. The van der Waals surface area contributed by atoms with Crippen molar-refractivity contribution in [2.75, 3.05) is 11.9 Å². The number of rotatable bonds is 6. The summed E-state index contributed by atoms with van der Waals surface area (Å²) in [7, 11) is 1.80. The topological polar surface area (TPSA) is 77.0 Å². The Balaban J connectivity index is 1.81. The molecule has 3 N–H and O–H groups in total. The van der Waals surface area contributed by atoms with E-state index in [9.17, 15) is 9.90 Å². The summed E-state index contributed by atoms with van der Waals surface area (Å²) in [5.74, 6) is 0.255. The smallest absolute Gasteiger partial charge is 0.249 e. The van der Waals surface area contributed by atoms with Crippen molar-refractivity contribution in [3.63, 3.8) is 0 Å². The number of anilines is 1. The second-order valence-electron chi connectivity index (χ2n) is 14.8. The van der Waals surface area contributed by atoms with Gasteiger partial charge in [0.1, 0.15) is 11.8 Å². The summed E-state index contributed by atoms with van der Waals surface area (Å²) in [6.45, 7) is 19.1. The van der Waals surface area contributed by atoms with Crippen molar-refractivity contribution in [3.05, 3.63) is 59.2 Å². The molecule has 0 saturated heterocycles. The highest BCUT2D eigenvalue weighted by Crippen LogP contribution is 2.37. The van der Waals surface area contributed by atoms with Crippen molar-refractivity contribution >= 4 is 35.1 Å². The van der Waals surface area contributed by atoms with E-state index < -0.39 is 6.04 Å². The predicted molar refractivity (Wildman–Crippen MR) is 181 cm³/mol. The number of hydrogen-bond donors (Lipinski definition) is 3. The fourth-order valence-corrected chi connectivity index (χ4v) is 5.63. The molecule has 2 aromatic rings. The van der Waals surface area contributed by atoms with Crippen molar-refractivity contribution in [2.24, 2.45) is 10.4 Å². The SMILES string of the molecule is CN(C(=O)[C@@H](NC(=S)N[C@@H]1CCCC[C@H]1N=Cc1cc(C(C)(C)C)cc(C(C)(C)C)c1O)C(C)(C)C)c1ccccc1. The first-order valence-electron chi connectivity index (χ1n) is 15.2. The third kappa shape index (κ3) is 8.56. The van der Waals surface area contributed by atoms with E-state index in [0.717, 1.165) is 42.5 Å². The monoisotopic (exact) mass is 592 g/mol. The third-order valence-corrected chi connectivity index (χ3v) is 8.36.